The average Bonchev–Trinajstić information content (AvgIpc) is 2.49. The summed E-state index contributed by atoms with van der Waals surface area (Å²) < 4.78 is 24.7. The van der Waals surface area contributed by atoms with Crippen molar-refractivity contribution < 1.29 is 13.7 Å². The SMILES string of the molecule is CC1(C)OB(/C=C/c2cc(F)cnc2N)OC1(C)C. The molecular formula is C13H18BFN2O2. The fourth-order valence-electron chi connectivity index (χ4n) is 1.75. The van der Waals surface area contributed by atoms with Crippen molar-refractivity contribution in [2.75, 3.05) is 5.73 Å². The molecule has 1 fully saturated rings. The molecular weight excluding hydrogens is 246 g/mol. The van der Waals surface area contributed by atoms with Gasteiger partial charge in [-0.15, -0.1) is 0 Å². The van der Waals surface area contributed by atoms with E-state index in [9.17, 15) is 4.39 Å². The number of aromatic nitrogens is 1. The number of rotatable bonds is 2. The average molecular weight is 264 g/mol. The first-order valence-corrected chi connectivity index (χ1v) is 6.16. The highest BCUT2D eigenvalue weighted by Crippen LogP contribution is 2.37. The van der Waals surface area contributed by atoms with Gasteiger partial charge in [-0.25, -0.2) is 9.37 Å². The molecule has 0 radical (unpaired) electrons. The fourth-order valence-corrected chi connectivity index (χ4v) is 1.75. The second kappa shape index (κ2) is 4.61. The van der Waals surface area contributed by atoms with Crippen LogP contribution in [0.4, 0.5) is 10.2 Å². The number of nitrogens with two attached hydrogens (primary N) is 1. The molecule has 0 unspecified atom stereocenters. The lowest BCUT2D eigenvalue weighted by molar-refractivity contribution is 0.00578. The van der Waals surface area contributed by atoms with E-state index in [0.29, 0.717) is 5.56 Å². The molecule has 0 amide bonds. The van der Waals surface area contributed by atoms with Crippen LogP contribution in [0.1, 0.15) is 33.3 Å². The van der Waals surface area contributed by atoms with Crippen LogP contribution in [0.25, 0.3) is 6.08 Å². The van der Waals surface area contributed by atoms with Crippen LogP contribution in [0.3, 0.4) is 0 Å². The Morgan fingerprint density at radius 2 is 1.84 bits per heavy atom. The third-order valence-corrected chi connectivity index (χ3v) is 3.62. The number of hydrogen-bond donors (Lipinski definition) is 1. The zero-order chi connectivity index (χ0) is 14.3. The molecule has 2 heterocycles. The normalized spacial score (nSPS) is 21.2. The predicted octanol–water partition coefficient (Wildman–Crippen LogP) is 2.45. The van der Waals surface area contributed by atoms with Gasteiger partial charge in [-0.1, -0.05) is 12.1 Å². The number of nitrogen functional groups attached to an aromatic ring is 1. The summed E-state index contributed by atoms with van der Waals surface area (Å²) in [6, 6.07) is 1.32. The molecule has 2 rings (SSSR count). The van der Waals surface area contributed by atoms with Crippen molar-refractivity contribution >= 4 is 19.0 Å². The minimum atomic E-state index is -0.479. The topological polar surface area (TPSA) is 57.4 Å². The number of anilines is 1. The van der Waals surface area contributed by atoms with Gasteiger partial charge in [-0.05, 0) is 33.8 Å². The zero-order valence-corrected chi connectivity index (χ0v) is 11.6. The summed E-state index contributed by atoms with van der Waals surface area (Å²) in [4.78, 5) is 3.75. The maximum Gasteiger partial charge on any atom is 0.487 e. The van der Waals surface area contributed by atoms with Crippen molar-refractivity contribution in [1.82, 2.24) is 4.98 Å². The van der Waals surface area contributed by atoms with Gasteiger partial charge in [0.2, 0.25) is 0 Å². The third-order valence-electron chi connectivity index (χ3n) is 3.62. The molecule has 1 saturated heterocycles. The number of pyridine rings is 1. The van der Waals surface area contributed by atoms with Gasteiger partial charge in [0.15, 0.2) is 0 Å². The molecule has 1 aliphatic rings. The molecule has 0 spiro atoms. The molecule has 4 nitrogen and oxygen atoms in total. The molecule has 1 aromatic rings. The van der Waals surface area contributed by atoms with E-state index in [1.165, 1.54) is 6.07 Å². The monoisotopic (exact) mass is 264 g/mol. The van der Waals surface area contributed by atoms with Gasteiger partial charge >= 0.3 is 7.12 Å². The highest BCUT2D eigenvalue weighted by atomic mass is 19.1. The molecule has 1 aromatic heterocycles. The molecule has 6 heteroatoms. The summed E-state index contributed by atoms with van der Waals surface area (Å²) in [5, 5.41) is 0. The molecule has 19 heavy (non-hydrogen) atoms. The third kappa shape index (κ3) is 2.79. The summed E-state index contributed by atoms with van der Waals surface area (Å²) in [6.45, 7) is 7.88. The van der Waals surface area contributed by atoms with E-state index >= 15 is 0 Å². The summed E-state index contributed by atoms with van der Waals surface area (Å²) in [7, 11) is -0.479. The molecule has 0 saturated carbocycles. The minimum absolute atomic E-state index is 0.272. The Kier molecular flexibility index (Phi) is 3.41. The van der Waals surface area contributed by atoms with Crippen LogP contribution < -0.4 is 5.73 Å². The maximum absolute atomic E-state index is 13.1. The largest absolute Gasteiger partial charge is 0.487 e. The van der Waals surface area contributed by atoms with Crippen molar-refractivity contribution in [2.24, 2.45) is 0 Å². The van der Waals surface area contributed by atoms with Crippen LogP contribution in [0.15, 0.2) is 18.2 Å². The van der Waals surface area contributed by atoms with Crippen molar-refractivity contribution in [3.8, 4) is 0 Å². The Morgan fingerprint density at radius 1 is 1.26 bits per heavy atom. The van der Waals surface area contributed by atoms with E-state index in [2.05, 4.69) is 4.98 Å². The highest BCUT2D eigenvalue weighted by molar-refractivity contribution is 6.52. The summed E-state index contributed by atoms with van der Waals surface area (Å²) in [5.74, 6) is 1.56. The molecule has 2 N–H and O–H groups in total. The second-order valence-electron chi connectivity index (χ2n) is 5.61. The van der Waals surface area contributed by atoms with Gasteiger partial charge in [-0.2, -0.15) is 0 Å². The van der Waals surface area contributed by atoms with E-state index in [4.69, 9.17) is 15.0 Å². The molecule has 0 aromatic carbocycles. The summed E-state index contributed by atoms with van der Waals surface area (Å²) >= 11 is 0. The molecule has 0 aliphatic carbocycles. The summed E-state index contributed by atoms with van der Waals surface area (Å²) in [5.41, 5.74) is 5.39. The first-order valence-electron chi connectivity index (χ1n) is 6.16. The minimum Gasteiger partial charge on any atom is -0.400 e. The van der Waals surface area contributed by atoms with Gasteiger partial charge in [0, 0.05) is 5.56 Å². The number of halogens is 1. The van der Waals surface area contributed by atoms with Crippen LogP contribution in [0, 0.1) is 5.82 Å². The van der Waals surface area contributed by atoms with Crippen molar-refractivity contribution in [2.45, 2.75) is 38.9 Å². The van der Waals surface area contributed by atoms with Crippen LogP contribution in [0.5, 0.6) is 0 Å². The van der Waals surface area contributed by atoms with Crippen LogP contribution in [0.2, 0.25) is 0 Å². The standard InChI is InChI=1S/C13H18BFN2O2/c1-12(2)13(3,4)19-14(18-12)6-5-9-7-10(15)8-17-11(9)16/h5-8H,1-4H3,(H2,16,17)/b6-5+. The molecule has 0 atom stereocenters. The number of hydrogen-bond acceptors (Lipinski definition) is 4. The van der Waals surface area contributed by atoms with Crippen LogP contribution in [-0.4, -0.2) is 23.3 Å². The van der Waals surface area contributed by atoms with Gasteiger partial charge in [-0.3, -0.25) is 0 Å². The highest BCUT2D eigenvalue weighted by Gasteiger charge is 2.49. The molecule has 102 valence electrons. The maximum atomic E-state index is 13.1. The van der Waals surface area contributed by atoms with Gasteiger partial charge in [0.05, 0.1) is 17.4 Å². The first kappa shape index (κ1) is 14.0. The van der Waals surface area contributed by atoms with Crippen molar-refractivity contribution in [1.29, 1.82) is 0 Å². The predicted molar refractivity (Wildman–Crippen MR) is 73.7 cm³/mol. The van der Waals surface area contributed by atoms with Crippen molar-refractivity contribution in [3.05, 3.63) is 29.6 Å². The lowest BCUT2D eigenvalue weighted by atomic mass is 9.89. The van der Waals surface area contributed by atoms with Crippen LogP contribution >= 0.6 is 0 Å². The Hall–Kier alpha value is -1.40. The van der Waals surface area contributed by atoms with Gasteiger partial charge in [0.1, 0.15) is 11.6 Å². The van der Waals surface area contributed by atoms with Gasteiger partial charge in [0.25, 0.3) is 0 Å². The number of nitrogens with zero attached hydrogens (tertiary/aromatic N) is 1. The first-order chi connectivity index (χ1) is 8.71. The Balaban J connectivity index is 2.15. The van der Waals surface area contributed by atoms with E-state index < -0.39 is 24.1 Å². The summed E-state index contributed by atoms with van der Waals surface area (Å²) in [6.07, 6.45) is 2.75. The van der Waals surface area contributed by atoms with E-state index in [1.54, 1.807) is 12.1 Å². The fraction of sp³-hybridized carbons (Fsp3) is 0.462. The Labute approximate surface area is 113 Å². The van der Waals surface area contributed by atoms with E-state index in [1.807, 2.05) is 27.7 Å². The smallest absolute Gasteiger partial charge is 0.400 e. The van der Waals surface area contributed by atoms with E-state index in [-0.39, 0.29) is 5.82 Å². The lowest BCUT2D eigenvalue weighted by Gasteiger charge is -2.32. The van der Waals surface area contributed by atoms with E-state index in [0.717, 1.165) is 6.20 Å². The zero-order valence-electron chi connectivity index (χ0n) is 11.6. The second-order valence-corrected chi connectivity index (χ2v) is 5.61. The van der Waals surface area contributed by atoms with Gasteiger partial charge < -0.3 is 15.0 Å². The quantitative estimate of drug-likeness (QED) is 0.833. The van der Waals surface area contributed by atoms with Crippen molar-refractivity contribution in [3.63, 3.8) is 0 Å². The van der Waals surface area contributed by atoms with Crippen LogP contribution in [-0.2, 0) is 9.31 Å². The Bertz CT molecular complexity index is 501. The molecule has 0 bridgehead atoms. The lowest BCUT2D eigenvalue weighted by Crippen LogP contribution is -2.41. The molecule has 1 aliphatic heterocycles. The Morgan fingerprint density at radius 3 is 2.42 bits per heavy atom.